The third-order valence-electron chi connectivity index (χ3n) is 3.26. The molecule has 8 heteroatoms. The van der Waals surface area contributed by atoms with Crippen LogP contribution in [-0.2, 0) is 17.8 Å². The Balaban J connectivity index is 2.32. The van der Waals surface area contributed by atoms with Gasteiger partial charge in [0.1, 0.15) is 0 Å². The second-order valence-electron chi connectivity index (χ2n) is 4.64. The molecule has 0 bridgehead atoms. The Morgan fingerprint density at radius 1 is 1.35 bits per heavy atom. The fourth-order valence-corrected chi connectivity index (χ4v) is 2.27. The van der Waals surface area contributed by atoms with Crippen LogP contribution in [0.2, 0.25) is 0 Å². The molecule has 1 heterocycles. The van der Waals surface area contributed by atoms with E-state index in [1.807, 2.05) is 0 Å². The number of hydrogen-bond donors (Lipinski definition) is 0. The Labute approximate surface area is 112 Å². The van der Waals surface area contributed by atoms with Crippen molar-refractivity contribution in [1.29, 1.82) is 0 Å². The molecular formula is C12H11F3N2O3. The van der Waals surface area contributed by atoms with Gasteiger partial charge in [0.15, 0.2) is 0 Å². The lowest BCUT2D eigenvalue weighted by Gasteiger charge is -2.29. The number of nitro groups is 1. The van der Waals surface area contributed by atoms with Crippen LogP contribution in [0.1, 0.15) is 16.7 Å². The van der Waals surface area contributed by atoms with Gasteiger partial charge in [0.05, 0.1) is 4.92 Å². The first kappa shape index (κ1) is 14.3. The van der Waals surface area contributed by atoms with Crippen LogP contribution in [0, 0.1) is 17.0 Å². The zero-order valence-corrected chi connectivity index (χ0v) is 10.5. The quantitative estimate of drug-likeness (QED) is 0.588. The van der Waals surface area contributed by atoms with E-state index in [2.05, 4.69) is 0 Å². The van der Waals surface area contributed by atoms with Crippen molar-refractivity contribution in [2.45, 2.75) is 26.1 Å². The maximum atomic E-state index is 12.4. The summed E-state index contributed by atoms with van der Waals surface area (Å²) in [5.74, 6) is -1.91. The first-order valence-corrected chi connectivity index (χ1v) is 5.83. The molecule has 1 aliphatic rings. The first-order valence-electron chi connectivity index (χ1n) is 5.83. The summed E-state index contributed by atoms with van der Waals surface area (Å²) in [5.41, 5.74) is 1.46. The number of amides is 1. The van der Waals surface area contributed by atoms with E-state index in [0.29, 0.717) is 16.0 Å². The second-order valence-corrected chi connectivity index (χ2v) is 4.64. The molecule has 5 nitrogen and oxygen atoms in total. The molecule has 1 amide bonds. The van der Waals surface area contributed by atoms with Crippen LogP contribution in [0.25, 0.3) is 0 Å². The molecule has 0 saturated heterocycles. The number of fused-ring (bicyclic) bond motifs is 1. The number of aryl methyl sites for hydroxylation is 1. The third kappa shape index (κ3) is 2.59. The molecule has 2 rings (SSSR count). The monoisotopic (exact) mass is 288 g/mol. The van der Waals surface area contributed by atoms with Crippen LogP contribution >= 0.6 is 0 Å². The summed E-state index contributed by atoms with van der Waals surface area (Å²) in [4.78, 5) is 22.1. The zero-order valence-electron chi connectivity index (χ0n) is 10.5. The number of nitro benzene ring substituents is 1. The molecule has 0 unspecified atom stereocenters. The molecule has 0 aromatic heterocycles. The fraction of sp³-hybridized carbons (Fsp3) is 0.417. The predicted octanol–water partition coefficient (Wildman–Crippen LogP) is 2.35. The lowest BCUT2D eigenvalue weighted by atomic mass is 9.96. The Morgan fingerprint density at radius 3 is 2.55 bits per heavy atom. The molecule has 0 aliphatic carbocycles. The number of nitrogens with zero attached hydrogens (tertiary/aromatic N) is 2. The molecule has 0 saturated carbocycles. The van der Waals surface area contributed by atoms with E-state index >= 15 is 0 Å². The van der Waals surface area contributed by atoms with E-state index < -0.39 is 17.0 Å². The standard InChI is InChI=1S/C12H11F3N2O3/c1-7-4-8-2-3-16(11(18)12(13,14)15)6-9(8)5-10(7)17(19)20/h4-5H,2-3,6H2,1H3. The van der Waals surface area contributed by atoms with Gasteiger partial charge < -0.3 is 4.90 Å². The van der Waals surface area contributed by atoms with Crippen molar-refractivity contribution < 1.29 is 22.9 Å². The van der Waals surface area contributed by atoms with E-state index in [-0.39, 0.29) is 25.2 Å². The normalized spacial score (nSPS) is 14.9. The van der Waals surface area contributed by atoms with E-state index in [4.69, 9.17) is 0 Å². The number of alkyl halides is 3. The van der Waals surface area contributed by atoms with Crippen LogP contribution in [-0.4, -0.2) is 28.5 Å². The van der Waals surface area contributed by atoms with Crippen molar-refractivity contribution in [2.75, 3.05) is 6.54 Å². The molecule has 0 radical (unpaired) electrons. The molecule has 0 spiro atoms. The smallest absolute Gasteiger partial charge is 0.330 e. The van der Waals surface area contributed by atoms with Crippen molar-refractivity contribution in [3.05, 3.63) is 38.9 Å². The Hall–Kier alpha value is -2.12. The van der Waals surface area contributed by atoms with Gasteiger partial charge in [0.2, 0.25) is 0 Å². The maximum Gasteiger partial charge on any atom is 0.471 e. The summed E-state index contributed by atoms with van der Waals surface area (Å²) >= 11 is 0. The van der Waals surface area contributed by atoms with Gasteiger partial charge in [-0.2, -0.15) is 13.2 Å². The SMILES string of the molecule is Cc1cc2c(cc1[N+](=O)[O-])CN(C(=O)C(F)(F)F)CC2. The van der Waals surface area contributed by atoms with Gasteiger partial charge in [0, 0.05) is 24.7 Å². The van der Waals surface area contributed by atoms with E-state index in [1.165, 1.54) is 6.07 Å². The first-order chi connectivity index (χ1) is 9.20. The molecule has 1 aliphatic heterocycles. The highest BCUT2D eigenvalue weighted by Crippen LogP contribution is 2.29. The highest BCUT2D eigenvalue weighted by atomic mass is 19.4. The zero-order chi connectivity index (χ0) is 15.1. The average molecular weight is 288 g/mol. The van der Waals surface area contributed by atoms with Crippen molar-refractivity contribution >= 4 is 11.6 Å². The molecule has 0 N–H and O–H groups in total. The lowest BCUT2D eigenvalue weighted by Crippen LogP contribution is -2.43. The minimum Gasteiger partial charge on any atom is -0.330 e. The molecule has 1 aromatic carbocycles. The van der Waals surface area contributed by atoms with Crippen molar-refractivity contribution in [1.82, 2.24) is 4.90 Å². The molecule has 108 valence electrons. The molecular weight excluding hydrogens is 277 g/mol. The van der Waals surface area contributed by atoms with Gasteiger partial charge >= 0.3 is 12.1 Å². The molecule has 0 atom stereocenters. The second kappa shape index (κ2) is 4.77. The van der Waals surface area contributed by atoms with Crippen LogP contribution in [0.5, 0.6) is 0 Å². The summed E-state index contributed by atoms with van der Waals surface area (Å²) in [6.07, 6.45) is -4.66. The fourth-order valence-electron chi connectivity index (χ4n) is 2.27. The van der Waals surface area contributed by atoms with Gasteiger partial charge in [0.25, 0.3) is 5.69 Å². The van der Waals surface area contributed by atoms with Gasteiger partial charge in [-0.15, -0.1) is 0 Å². The van der Waals surface area contributed by atoms with Gasteiger partial charge in [-0.05, 0) is 30.5 Å². The summed E-state index contributed by atoms with van der Waals surface area (Å²) in [5, 5.41) is 10.8. The van der Waals surface area contributed by atoms with E-state index in [1.54, 1.807) is 13.0 Å². The summed E-state index contributed by atoms with van der Waals surface area (Å²) < 4.78 is 37.1. The largest absolute Gasteiger partial charge is 0.471 e. The Morgan fingerprint density at radius 2 is 2.00 bits per heavy atom. The lowest BCUT2D eigenvalue weighted by molar-refractivity contribution is -0.385. The summed E-state index contributed by atoms with van der Waals surface area (Å²) in [6.45, 7) is 1.28. The average Bonchev–Trinajstić information content (AvgIpc) is 2.35. The minimum absolute atomic E-state index is 0.0391. The van der Waals surface area contributed by atoms with Crippen molar-refractivity contribution in [3.63, 3.8) is 0 Å². The number of carbonyl (C=O) groups is 1. The number of benzene rings is 1. The number of carbonyl (C=O) groups excluding carboxylic acids is 1. The predicted molar refractivity (Wildman–Crippen MR) is 63.0 cm³/mol. The van der Waals surface area contributed by atoms with Crippen molar-refractivity contribution in [3.8, 4) is 0 Å². The highest BCUT2D eigenvalue weighted by molar-refractivity contribution is 5.82. The molecule has 20 heavy (non-hydrogen) atoms. The summed E-state index contributed by atoms with van der Waals surface area (Å²) in [6, 6.07) is 2.85. The maximum absolute atomic E-state index is 12.4. The molecule has 1 aromatic rings. The summed E-state index contributed by atoms with van der Waals surface area (Å²) in [7, 11) is 0. The van der Waals surface area contributed by atoms with Gasteiger partial charge in [-0.1, -0.05) is 0 Å². The van der Waals surface area contributed by atoms with Gasteiger partial charge in [-0.25, -0.2) is 0 Å². The topological polar surface area (TPSA) is 63.5 Å². The van der Waals surface area contributed by atoms with Crippen LogP contribution < -0.4 is 0 Å². The van der Waals surface area contributed by atoms with Crippen LogP contribution in [0.15, 0.2) is 12.1 Å². The highest BCUT2D eigenvalue weighted by Gasteiger charge is 2.43. The van der Waals surface area contributed by atoms with Crippen molar-refractivity contribution in [2.24, 2.45) is 0 Å². The minimum atomic E-state index is -4.92. The number of hydrogen-bond acceptors (Lipinski definition) is 3. The van der Waals surface area contributed by atoms with Crippen LogP contribution in [0.3, 0.4) is 0 Å². The third-order valence-corrected chi connectivity index (χ3v) is 3.26. The Kier molecular flexibility index (Phi) is 3.41. The number of halogens is 3. The van der Waals surface area contributed by atoms with Crippen LogP contribution in [0.4, 0.5) is 18.9 Å². The van der Waals surface area contributed by atoms with E-state index in [9.17, 15) is 28.1 Å². The number of rotatable bonds is 1. The Bertz CT molecular complexity index is 584. The van der Waals surface area contributed by atoms with Gasteiger partial charge in [-0.3, -0.25) is 14.9 Å². The molecule has 0 fully saturated rings. The van der Waals surface area contributed by atoms with E-state index in [0.717, 1.165) is 5.56 Å².